The molecule has 0 amide bonds. The largest absolute Gasteiger partial charge is 0.460 e. The van der Waals surface area contributed by atoms with Gasteiger partial charge in [-0.25, -0.2) is 8.42 Å². The van der Waals surface area contributed by atoms with Gasteiger partial charge in [0.25, 0.3) is 10.0 Å². The Morgan fingerprint density at radius 3 is 1.17 bits per heavy atom. The number of alkyl halides is 13. The van der Waals surface area contributed by atoms with Crippen LogP contribution in [0.1, 0.15) is 0 Å². The molecule has 0 aromatic carbocycles. The van der Waals surface area contributed by atoms with E-state index >= 15 is 0 Å². The zero-order valence-corrected chi connectivity index (χ0v) is 10.6. The first-order valence-electron chi connectivity index (χ1n) is 4.56. The zero-order valence-electron chi connectivity index (χ0n) is 9.74. The van der Waals surface area contributed by atoms with E-state index in [1.165, 1.54) is 0 Å². The van der Waals surface area contributed by atoms with Gasteiger partial charge < -0.3 is 0 Å². The third kappa shape index (κ3) is 3.16. The first-order chi connectivity index (χ1) is 9.76. The molecule has 0 heterocycles. The fraction of sp³-hybridized carbons (Fsp3) is 1.00. The Kier molecular flexibility index (Phi) is 5.56. The van der Waals surface area contributed by atoms with Crippen molar-refractivity contribution < 1.29 is 65.5 Å². The van der Waals surface area contributed by atoms with E-state index in [0.29, 0.717) is 0 Å². The normalized spacial score (nSPS) is 15.8. The van der Waals surface area contributed by atoms with E-state index in [2.05, 4.69) is 0 Å². The first-order valence-corrected chi connectivity index (χ1v) is 6.00. The monoisotopic (exact) mass is 399 g/mol. The fourth-order valence-electron chi connectivity index (χ4n) is 0.950. The molecule has 0 saturated heterocycles. The van der Waals surface area contributed by atoms with Crippen molar-refractivity contribution in [1.82, 2.24) is 4.31 Å². The molecule has 23 heavy (non-hydrogen) atoms. The number of hydrogen-bond acceptors (Lipinski definition) is 2. The van der Waals surface area contributed by atoms with Crippen LogP contribution in [0, 0.1) is 0 Å². The minimum Gasteiger partial charge on any atom is -0.205 e. The minimum atomic E-state index is -8.03. The molecule has 140 valence electrons. The van der Waals surface area contributed by atoms with E-state index in [-0.39, 0.29) is 0 Å². The van der Waals surface area contributed by atoms with Crippen molar-refractivity contribution in [2.75, 3.05) is 0 Å². The van der Waals surface area contributed by atoms with Crippen LogP contribution >= 0.6 is 0 Å². The molecule has 17 heteroatoms. The summed E-state index contributed by atoms with van der Waals surface area (Å²) in [6.45, 7) is -10.3. The van der Waals surface area contributed by atoms with E-state index in [9.17, 15) is 65.5 Å². The van der Waals surface area contributed by atoms with Crippen LogP contribution < -0.4 is 0 Å². The summed E-state index contributed by atoms with van der Waals surface area (Å²) in [6, 6.07) is 0. The van der Waals surface area contributed by atoms with Crippen LogP contribution in [0.4, 0.5) is 57.1 Å². The van der Waals surface area contributed by atoms with Gasteiger partial charge in [0.2, 0.25) is 0 Å². The molecular weight excluding hydrogens is 397 g/mol. The maximum atomic E-state index is 12.9. The highest BCUT2D eigenvalue weighted by atomic mass is 32.2. The maximum Gasteiger partial charge on any atom is 0.460 e. The van der Waals surface area contributed by atoms with Crippen molar-refractivity contribution in [3.63, 3.8) is 0 Å². The molecule has 0 aromatic heterocycles. The molecule has 0 saturated carbocycles. The number of halogens is 13. The lowest BCUT2D eigenvalue weighted by Gasteiger charge is -2.35. The summed E-state index contributed by atoms with van der Waals surface area (Å²) >= 11 is 0. The molecule has 0 spiro atoms. The Labute approximate surface area is 117 Å². The van der Waals surface area contributed by atoms with Crippen molar-refractivity contribution >= 4 is 10.0 Å². The van der Waals surface area contributed by atoms with E-state index < -0.39 is 50.7 Å². The second kappa shape index (κ2) is 5.82. The molecule has 0 aliphatic heterocycles. The molecule has 0 aromatic rings. The summed E-state index contributed by atoms with van der Waals surface area (Å²) in [5.41, 5.74) is 0. The summed E-state index contributed by atoms with van der Waals surface area (Å²) in [6.07, 6.45) is -7.45. The molecule has 0 aliphatic rings. The second-order valence-electron chi connectivity index (χ2n) is 3.55. The van der Waals surface area contributed by atoms with E-state index in [1.54, 1.807) is 0 Å². The van der Waals surface area contributed by atoms with Gasteiger partial charge in [0.15, 0.2) is 0 Å². The van der Waals surface area contributed by atoms with Crippen LogP contribution in [0.15, 0.2) is 0 Å². The molecule has 0 fully saturated rings. The summed E-state index contributed by atoms with van der Waals surface area (Å²) in [4.78, 5) is 0. The van der Waals surface area contributed by atoms with Crippen molar-refractivity contribution in [2.45, 2.75) is 36.4 Å². The number of rotatable bonds is 6. The molecule has 0 unspecified atom stereocenters. The molecule has 0 N–H and O–H groups in total. The summed E-state index contributed by atoms with van der Waals surface area (Å²) in [5.74, 6) is -15.6. The molecule has 0 atom stereocenters. The highest BCUT2D eigenvalue weighted by Gasteiger charge is 2.86. The predicted molar refractivity (Wildman–Crippen MR) is 43.7 cm³/mol. The molecular formula is C6H2F13NO2S. The molecule has 0 rings (SSSR count). The fourth-order valence-corrected chi connectivity index (χ4v) is 2.09. The summed E-state index contributed by atoms with van der Waals surface area (Å²) in [7, 11) is -8.03. The van der Waals surface area contributed by atoms with Crippen LogP contribution in [-0.4, -0.2) is 49.1 Å². The van der Waals surface area contributed by atoms with E-state index in [4.69, 9.17) is 0 Å². The van der Waals surface area contributed by atoms with Crippen molar-refractivity contribution in [3.8, 4) is 0 Å². The highest BCUT2D eigenvalue weighted by molar-refractivity contribution is 7.90. The van der Waals surface area contributed by atoms with Gasteiger partial charge in [0.05, 0.1) is 0 Å². The Hall–Kier alpha value is -1.00. The van der Waals surface area contributed by atoms with Gasteiger partial charge >= 0.3 is 36.4 Å². The van der Waals surface area contributed by atoms with Gasteiger partial charge in [0.1, 0.15) is 0 Å². The Morgan fingerprint density at radius 1 is 0.652 bits per heavy atom. The topological polar surface area (TPSA) is 37.4 Å². The van der Waals surface area contributed by atoms with E-state index in [1.807, 2.05) is 0 Å². The van der Waals surface area contributed by atoms with Crippen LogP contribution in [-0.2, 0) is 10.0 Å². The second-order valence-corrected chi connectivity index (χ2v) is 5.44. The Morgan fingerprint density at radius 2 is 0.957 bits per heavy atom. The number of sulfonamides is 1. The average Bonchev–Trinajstić information content (AvgIpc) is 2.24. The lowest BCUT2D eigenvalue weighted by Crippen LogP contribution is -2.66. The molecule has 0 aliphatic carbocycles. The van der Waals surface area contributed by atoms with Crippen molar-refractivity contribution in [1.29, 1.82) is 0 Å². The van der Waals surface area contributed by atoms with Gasteiger partial charge in [0, 0.05) is 0 Å². The van der Waals surface area contributed by atoms with Crippen LogP contribution in [0.5, 0.6) is 0 Å². The molecule has 0 bridgehead atoms. The lowest BCUT2D eigenvalue weighted by molar-refractivity contribution is -0.382. The Balaban J connectivity index is 6.35. The minimum absolute atomic E-state index is 2.92. The number of hydrogen-bond donors (Lipinski definition) is 0. The third-order valence-electron chi connectivity index (χ3n) is 2.10. The summed E-state index contributed by atoms with van der Waals surface area (Å²) in [5, 5.41) is -7.65. The van der Waals surface area contributed by atoms with Gasteiger partial charge in [-0.1, -0.05) is 4.31 Å². The van der Waals surface area contributed by atoms with Gasteiger partial charge in [-0.05, 0) is 0 Å². The van der Waals surface area contributed by atoms with Crippen LogP contribution in [0.2, 0.25) is 0 Å². The van der Waals surface area contributed by atoms with Crippen molar-refractivity contribution in [2.24, 2.45) is 0 Å². The standard InChI is InChI=1S/C6H2F13NO2S/c7-1(8)20(2(9)10)23(21,22)6(18,19)4(13,14)3(11,12)5(15,16)17/h1-2H. The van der Waals surface area contributed by atoms with Crippen LogP contribution in [0.25, 0.3) is 0 Å². The van der Waals surface area contributed by atoms with E-state index in [0.717, 1.165) is 0 Å². The first kappa shape index (κ1) is 22.0. The quantitative estimate of drug-likeness (QED) is 0.507. The SMILES string of the molecule is O=S(=O)(N(C(F)F)C(F)F)C(F)(F)C(F)(F)C(F)(F)C(F)(F)F. The molecule has 0 radical (unpaired) electrons. The number of nitrogens with zero attached hydrogens (tertiary/aromatic N) is 1. The van der Waals surface area contributed by atoms with Crippen molar-refractivity contribution in [3.05, 3.63) is 0 Å². The smallest absolute Gasteiger partial charge is 0.205 e. The predicted octanol–water partition coefficient (Wildman–Crippen LogP) is 3.49. The zero-order chi connectivity index (χ0) is 19.2. The van der Waals surface area contributed by atoms with Crippen LogP contribution in [0.3, 0.4) is 0 Å². The molecule has 3 nitrogen and oxygen atoms in total. The third-order valence-corrected chi connectivity index (χ3v) is 3.88. The van der Waals surface area contributed by atoms with Gasteiger partial charge in [-0.2, -0.15) is 57.1 Å². The maximum absolute atomic E-state index is 12.9. The highest BCUT2D eigenvalue weighted by Crippen LogP contribution is 2.55. The average molecular weight is 399 g/mol. The summed E-state index contributed by atoms with van der Waals surface area (Å²) < 4.78 is 178. The van der Waals surface area contributed by atoms with Gasteiger partial charge in [-0.3, -0.25) is 0 Å². The van der Waals surface area contributed by atoms with Gasteiger partial charge in [-0.15, -0.1) is 0 Å². The lowest BCUT2D eigenvalue weighted by atomic mass is 10.1. The Bertz CT molecular complexity index is 515.